The molecule has 0 heterocycles. The highest BCUT2D eigenvalue weighted by Crippen LogP contribution is 2.27. The van der Waals surface area contributed by atoms with Gasteiger partial charge < -0.3 is 9.84 Å². The van der Waals surface area contributed by atoms with Gasteiger partial charge in [0.05, 0.1) is 0 Å². The fraction of sp³-hybridized carbons (Fsp3) is 0.381. The van der Waals surface area contributed by atoms with E-state index >= 15 is 0 Å². The number of aromatic hydroxyl groups is 1. The Morgan fingerprint density at radius 3 is 2.50 bits per heavy atom. The summed E-state index contributed by atoms with van der Waals surface area (Å²) in [4.78, 5) is 12.3. The normalized spacial score (nSPS) is 11.9. The highest BCUT2D eigenvalue weighted by molar-refractivity contribution is 5.93. The Kier molecular flexibility index (Phi) is 6.86. The molecule has 0 aliphatic carbocycles. The minimum Gasteiger partial charge on any atom is -0.507 e. The molecular formula is C21H26O3. The predicted molar refractivity (Wildman–Crippen MR) is 96.5 cm³/mol. The van der Waals surface area contributed by atoms with E-state index in [0.29, 0.717) is 11.7 Å². The maximum Gasteiger partial charge on any atom is 0.347 e. The van der Waals surface area contributed by atoms with E-state index in [1.807, 2.05) is 24.3 Å². The van der Waals surface area contributed by atoms with Crippen LogP contribution in [0.15, 0.2) is 48.5 Å². The van der Waals surface area contributed by atoms with Crippen LogP contribution < -0.4 is 4.74 Å². The second-order valence-corrected chi connectivity index (χ2v) is 6.14. The molecule has 3 heteroatoms. The van der Waals surface area contributed by atoms with Gasteiger partial charge in [0.1, 0.15) is 17.1 Å². The quantitative estimate of drug-likeness (QED) is 0.524. The first kappa shape index (κ1) is 18.1. The average Bonchev–Trinajstić information content (AvgIpc) is 2.60. The van der Waals surface area contributed by atoms with Crippen molar-refractivity contribution in [1.29, 1.82) is 0 Å². The summed E-state index contributed by atoms with van der Waals surface area (Å²) in [5.41, 5.74) is 1.23. The lowest BCUT2D eigenvalue weighted by Crippen LogP contribution is -2.11. The number of rotatable bonds is 8. The Morgan fingerprint density at radius 2 is 1.79 bits per heavy atom. The van der Waals surface area contributed by atoms with Crippen LogP contribution in [0.2, 0.25) is 0 Å². The van der Waals surface area contributed by atoms with E-state index in [4.69, 9.17) is 4.74 Å². The molecule has 0 aliphatic rings. The molecule has 0 saturated carbocycles. The number of esters is 1. The number of ether oxygens (including phenoxy) is 1. The molecule has 0 spiro atoms. The number of para-hydroxylation sites is 2. The molecule has 0 amide bonds. The third-order valence-corrected chi connectivity index (χ3v) is 4.35. The fourth-order valence-electron chi connectivity index (χ4n) is 2.83. The molecule has 1 atom stereocenters. The lowest BCUT2D eigenvalue weighted by atomic mass is 9.91. The van der Waals surface area contributed by atoms with Crippen LogP contribution in [0.25, 0.3) is 0 Å². The zero-order chi connectivity index (χ0) is 17.4. The molecule has 1 unspecified atom stereocenters. The van der Waals surface area contributed by atoms with Crippen molar-refractivity contribution in [1.82, 2.24) is 0 Å². The van der Waals surface area contributed by atoms with Crippen LogP contribution in [-0.4, -0.2) is 11.1 Å². The Labute approximate surface area is 144 Å². The van der Waals surface area contributed by atoms with Crippen molar-refractivity contribution in [3.8, 4) is 11.5 Å². The predicted octanol–water partition coefficient (Wildman–Crippen LogP) is 5.37. The zero-order valence-electron chi connectivity index (χ0n) is 14.5. The van der Waals surface area contributed by atoms with Crippen LogP contribution in [0.3, 0.4) is 0 Å². The molecular weight excluding hydrogens is 300 g/mol. The molecule has 0 radical (unpaired) electrons. The maximum absolute atomic E-state index is 12.3. The summed E-state index contributed by atoms with van der Waals surface area (Å²) in [5, 5.41) is 9.81. The number of unbranched alkanes of at least 4 members (excludes halogenated alkanes) is 1. The molecule has 2 aromatic carbocycles. The van der Waals surface area contributed by atoms with Gasteiger partial charge in [-0.1, -0.05) is 69.9 Å². The molecule has 0 bridgehead atoms. The standard InChI is InChI=1S/C21H26O3/c1-3-5-10-16(4-2)15-17-11-6-9-14-20(17)24-21(23)18-12-7-8-13-19(18)22/h6-9,11-14,16,22H,3-5,10,15H2,1-2H3. The van der Waals surface area contributed by atoms with Gasteiger partial charge in [0.25, 0.3) is 0 Å². The SMILES string of the molecule is CCCCC(CC)Cc1ccccc1OC(=O)c1ccccc1O. The smallest absolute Gasteiger partial charge is 0.347 e. The third-order valence-electron chi connectivity index (χ3n) is 4.35. The summed E-state index contributed by atoms with van der Waals surface area (Å²) in [6.07, 6.45) is 5.62. The second-order valence-electron chi connectivity index (χ2n) is 6.14. The van der Waals surface area contributed by atoms with E-state index in [1.54, 1.807) is 18.2 Å². The van der Waals surface area contributed by atoms with Crippen LogP contribution in [0.5, 0.6) is 11.5 Å². The summed E-state index contributed by atoms with van der Waals surface area (Å²) >= 11 is 0. The van der Waals surface area contributed by atoms with E-state index in [1.165, 1.54) is 25.3 Å². The highest BCUT2D eigenvalue weighted by atomic mass is 16.5. The molecule has 1 N–H and O–H groups in total. The van der Waals surface area contributed by atoms with Crippen molar-refractivity contribution < 1.29 is 14.6 Å². The lowest BCUT2D eigenvalue weighted by molar-refractivity contribution is 0.0729. The average molecular weight is 326 g/mol. The van der Waals surface area contributed by atoms with E-state index in [2.05, 4.69) is 13.8 Å². The number of phenols is 1. The molecule has 0 fully saturated rings. The van der Waals surface area contributed by atoms with E-state index in [0.717, 1.165) is 18.4 Å². The molecule has 0 saturated heterocycles. The van der Waals surface area contributed by atoms with Crippen molar-refractivity contribution in [2.45, 2.75) is 46.0 Å². The monoisotopic (exact) mass is 326 g/mol. The van der Waals surface area contributed by atoms with Crippen LogP contribution >= 0.6 is 0 Å². The number of phenolic OH excluding ortho intramolecular Hbond substituents is 1. The van der Waals surface area contributed by atoms with Crippen molar-refractivity contribution in [2.75, 3.05) is 0 Å². The third kappa shape index (κ3) is 4.85. The fourth-order valence-corrected chi connectivity index (χ4v) is 2.83. The minimum atomic E-state index is -0.526. The van der Waals surface area contributed by atoms with Crippen LogP contribution in [0.4, 0.5) is 0 Å². The molecule has 0 aromatic heterocycles. The number of benzene rings is 2. The van der Waals surface area contributed by atoms with Gasteiger partial charge in [-0.15, -0.1) is 0 Å². The zero-order valence-corrected chi connectivity index (χ0v) is 14.5. The van der Waals surface area contributed by atoms with Gasteiger partial charge >= 0.3 is 5.97 Å². The first-order valence-electron chi connectivity index (χ1n) is 8.73. The van der Waals surface area contributed by atoms with Gasteiger partial charge in [-0.3, -0.25) is 0 Å². The van der Waals surface area contributed by atoms with Gasteiger partial charge in [0.15, 0.2) is 0 Å². The van der Waals surface area contributed by atoms with Gasteiger partial charge in [-0.25, -0.2) is 4.79 Å². The molecule has 0 aliphatic heterocycles. The summed E-state index contributed by atoms with van der Waals surface area (Å²) in [6, 6.07) is 14.1. The number of hydrogen-bond acceptors (Lipinski definition) is 3. The summed E-state index contributed by atoms with van der Waals surface area (Å²) in [7, 11) is 0. The van der Waals surface area contributed by atoms with Crippen LogP contribution in [0.1, 0.15) is 55.5 Å². The Bertz CT molecular complexity index is 664. The molecule has 128 valence electrons. The summed E-state index contributed by atoms with van der Waals surface area (Å²) < 4.78 is 5.56. The van der Waals surface area contributed by atoms with Crippen molar-refractivity contribution in [3.63, 3.8) is 0 Å². The largest absolute Gasteiger partial charge is 0.507 e. The van der Waals surface area contributed by atoms with Gasteiger partial charge in [0.2, 0.25) is 0 Å². The van der Waals surface area contributed by atoms with Crippen molar-refractivity contribution >= 4 is 5.97 Å². The number of hydrogen-bond donors (Lipinski definition) is 1. The molecule has 24 heavy (non-hydrogen) atoms. The second kappa shape index (κ2) is 9.11. The van der Waals surface area contributed by atoms with Crippen LogP contribution in [0, 0.1) is 5.92 Å². The van der Waals surface area contributed by atoms with E-state index in [9.17, 15) is 9.90 Å². The van der Waals surface area contributed by atoms with Gasteiger partial charge in [0, 0.05) is 0 Å². The summed E-state index contributed by atoms with van der Waals surface area (Å²) in [6.45, 7) is 4.41. The maximum atomic E-state index is 12.3. The Hall–Kier alpha value is -2.29. The lowest BCUT2D eigenvalue weighted by Gasteiger charge is -2.17. The Morgan fingerprint density at radius 1 is 1.08 bits per heavy atom. The molecule has 3 nitrogen and oxygen atoms in total. The van der Waals surface area contributed by atoms with E-state index < -0.39 is 5.97 Å². The number of carbonyl (C=O) groups excluding carboxylic acids is 1. The Balaban J connectivity index is 2.13. The minimum absolute atomic E-state index is 0.0608. The van der Waals surface area contributed by atoms with Crippen molar-refractivity contribution in [3.05, 3.63) is 59.7 Å². The number of carbonyl (C=O) groups is 1. The van der Waals surface area contributed by atoms with Gasteiger partial charge in [-0.2, -0.15) is 0 Å². The first-order chi connectivity index (χ1) is 11.7. The topological polar surface area (TPSA) is 46.5 Å². The van der Waals surface area contributed by atoms with Crippen LogP contribution in [-0.2, 0) is 6.42 Å². The van der Waals surface area contributed by atoms with Gasteiger partial charge in [-0.05, 0) is 36.1 Å². The highest BCUT2D eigenvalue weighted by Gasteiger charge is 2.16. The summed E-state index contributed by atoms with van der Waals surface area (Å²) in [5.74, 6) is 0.590. The molecule has 2 rings (SSSR count). The first-order valence-corrected chi connectivity index (χ1v) is 8.73. The van der Waals surface area contributed by atoms with E-state index in [-0.39, 0.29) is 11.3 Å². The molecule has 2 aromatic rings. The van der Waals surface area contributed by atoms with Crippen molar-refractivity contribution in [2.24, 2.45) is 5.92 Å².